The van der Waals surface area contributed by atoms with Crippen molar-refractivity contribution in [1.29, 1.82) is 0 Å². The van der Waals surface area contributed by atoms with Crippen molar-refractivity contribution < 1.29 is 9.53 Å². The van der Waals surface area contributed by atoms with Gasteiger partial charge in [-0.1, -0.05) is 54.6 Å². The van der Waals surface area contributed by atoms with Gasteiger partial charge in [0.2, 0.25) is 0 Å². The van der Waals surface area contributed by atoms with Gasteiger partial charge in [-0.05, 0) is 25.0 Å². The van der Waals surface area contributed by atoms with E-state index in [1.807, 2.05) is 68.4 Å². The van der Waals surface area contributed by atoms with E-state index in [4.69, 9.17) is 4.74 Å². The lowest BCUT2D eigenvalue weighted by atomic mass is 10.1. The number of carbonyl (C=O) groups excluding carboxylic acids is 1. The molecule has 1 atom stereocenters. The van der Waals surface area contributed by atoms with Gasteiger partial charge in [-0.25, -0.2) is 0 Å². The van der Waals surface area contributed by atoms with E-state index < -0.39 is 0 Å². The van der Waals surface area contributed by atoms with Crippen LogP contribution in [0.25, 0.3) is 0 Å². The summed E-state index contributed by atoms with van der Waals surface area (Å²) in [4.78, 5) is 12.1. The molecule has 0 aliphatic carbocycles. The lowest BCUT2D eigenvalue weighted by Crippen LogP contribution is -2.12. The van der Waals surface area contributed by atoms with Gasteiger partial charge in [0, 0.05) is 5.56 Å². The fourth-order valence-electron chi connectivity index (χ4n) is 1.98. The summed E-state index contributed by atoms with van der Waals surface area (Å²) in [6.07, 6.45) is -0.0748. The van der Waals surface area contributed by atoms with Gasteiger partial charge in [-0.2, -0.15) is 0 Å². The Morgan fingerprint density at radius 2 is 1.68 bits per heavy atom. The molecule has 2 aromatic rings. The Labute approximate surface area is 114 Å². The van der Waals surface area contributed by atoms with Crippen molar-refractivity contribution >= 4 is 5.78 Å². The quantitative estimate of drug-likeness (QED) is 0.755. The molecular weight excluding hydrogens is 236 g/mol. The highest BCUT2D eigenvalue weighted by Crippen LogP contribution is 2.17. The highest BCUT2D eigenvalue weighted by Gasteiger charge is 2.11. The van der Waals surface area contributed by atoms with E-state index in [2.05, 4.69) is 0 Å². The number of ketones is 1. The predicted octanol–water partition coefficient (Wildman–Crippen LogP) is 3.96. The number of aryl methyl sites for hydroxylation is 1. The molecule has 0 saturated heterocycles. The van der Waals surface area contributed by atoms with Crippen molar-refractivity contribution in [3.8, 4) is 0 Å². The summed E-state index contributed by atoms with van der Waals surface area (Å²) >= 11 is 0. The molecule has 19 heavy (non-hydrogen) atoms. The molecule has 0 bridgehead atoms. The van der Waals surface area contributed by atoms with Gasteiger partial charge >= 0.3 is 0 Å². The summed E-state index contributed by atoms with van der Waals surface area (Å²) in [6, 6.07) is 17.5. The average molecular weight is 254 g/mol. The number of benzene rings is 2. The molecule has 2 rings (SSSR count). The molecule has 2 aromatic carbocycles. The first kappa shape index (κ1) is 13.5. The molecule has 0 fully saturated rings. The molecule has 0 radical (unpaired) electrons. The third kappa shape index (κ3) is 3.52. The lowest BCUT2D eigenvalue weighted by molar-refractivity contribution is 0.0520. The molecule has 0 aromatic heterocycles. The van der Waals surface area contributed by atoms with Gasteiger partial charge in [0.1, 0.15) is 6.61 Å². The van der Waals surface area contributed by atoms with E-state index in [1.54, 1.807) is 0 Å². The molecule has 1 unspecified atom stereocenters. The van der Waals surface area contributed by atoms with E-state index in [0.29, 0.717) is 0 Å². The first-order chi connectivity index (χ1) is 9.18. The van der Waals surface area contributed by atoms with Crippen LogP contribution < -0.4 is 0 Å². The fraction of sp³-hybridized carbons (Fsp3) is 0.235. The Morgan fingerprint density at radius 1 is 1.05 bits per heavy atom. The number of Topliss-reactive ketones (excluding diaryl/α,β-unsaturated/α-hetero) is 1. The van der Waals surface area contributed by atoms with Crippen LogP contribution >= 0.6 is 0 Å². The molecular formula is C17H18O2. The van der Waals surface area contributed by atoms with Gasteiger partial charge in [0.05, 0.1) is 6.10 Å². The smallest absolute Gasteiger partial charge is 0.188 e. The van der Waals surface area contributed by atoms with Gasteiger partial charge < -0.3 is 4.74 Å². The Morgan fingerprint density at radius 3 is 2.37 bits per heavy atom. The van der Waals surface area contributed by atoms with Crippen LogP contribution in [0.4, 0.5) is 0 Å². The van der Waals surface area contributed by atoms with Crippen LogP contribution in [0.5, 0.6) is 0 Å². The Hall–Kier alpha value is -1.93. The molecule has 0 heterocycles. The summed E-state index contributed by atoms with van der Waals surface area (Å²) in [5, 5.41) is 0. The van der Waals surface area contributed by atoms with Crippen LogP contribution in [0.3, 0.4) is 0 Å². The van der Waals surface area contributed by atoms with Crippen LogP contribution in [0.1, 0.15) is 34.5 Å². The van der Waals surface area contributed by atoms with Crippen LogP contribution in [0, 0.1) is 6.92 Å². The average Bonchev–Trinajstić information content (AvgIpc) is 2.46. The minimum atomic E-state index is -0.0748. The minimum absolute atomic E-state index is 0.0286. The van der Waals surface area contributed by atoms with Gasteiger partial charge in [0.25, 0.3) is 0 Å². The summed E-state index contributed by atoms with van der Waals surface area (Å²) in [5.74, 6) is 0.0286. The van der Waals surface area contributed by atoms with Crippen LogP contribution in [0.2, 0.25) is 0 Å². The number of hydrogen-bond donors (Lipinski definition) is 0. The van der Waals surface area contributed by atoms with Gasteiger partial charge in [-0.15, -0.1) is 0 Å². The second-order valence-corrected chi connectivity index (χ2v) is 4.60. The Bertz CT molecular complexity index is 546. The number of hydrogen-bond acceptors (Lipinski definition) is 2. The summed E-state index contributed by atoms with van der Waals surface area (Å²) in [5.41, 5.74) is 2.81. The SMILES string of the molecule is Cc1ccccc1C(=O)COC(C)c1ccccc1. The normalized spacial score (nSPS) is 12.1. The van der Waals surface area contributed by atoms with E-state index in [1.165, 1.54) is 0 Å². The topological polar surface area (TPSA) is 26.3 Å². The van der Waals surface area contributed by atoms with E-state index in [9.17, 15) is 4.79 Å². The van der Waals surface area contributed by atoms with Crippen molar-refractivity contribution in [2.75, 3.05) is 6.61 Å². The highest BCUT2D eigenvalue weighted by atomic mass is 16.5. The predicted molar refractivity (Wildman–Crippen MR) is 76.3 cm³/mol. The molecule has 0 amide bonds. The summed E-state index contributed by atoms with van der Waals surface area (Å²) < 4.78 is 5.65. The largest absolute Gasteiger partial charge is 0.366 e. The zero-order valence-electron chi connectivity index (χ0n) is 11.3. The van der Waals surface area contributed by atoms with E-state index in [0.717, 1.165) is 16.7 Å². The van der Waals surface area contributed by atoms with Crippen molar-refractivity contribution in [2.45, 2.75) is 20.0 Å². The third-order valence-electron chi connectivity index (χ3n) is 3.18. The third-order valence-corrected chi connectivity index (χ3v) is 3.18. The molecule has 0 N–H and O–H groups in total. The first-order valence-corrected chi connectivity index (χ1v) is 6.44. The van der Waals surface area contributed by atoms with E-state index in [-0.39, 0.29) is 18.5 Å². The zero-order valence-corrected chi connectivity index (χ0v) is 11.3. The molecule has 2 nitrogen and oxygen atoms in total. The maximum atomic E-state index is 12.1. The number of ether oxygens (including phenoxy) is 1. The molecule has 0 spiro atoms. The molecule has 0 aliphatic rings. The monoisotopic (exact) mass is 254 g/mol. The van der Waals surface area contributed by atoms with Crippen LogP contribution in [-0.2, 0) is 4.74 Å². The number of carbonyl (C=O) groups is 1. The first-order valence-electron chi connectivity index (χ1n) is 6.44. The standard InChI is InChI=1S/C17H18O2/c1-13-8-6-7-11-16(13)17(18)12-19-14(2)15-9-4-3-5-10-15/h3-11,14H,12H2,1-2H3. The molecule has 0 saturated carbocycles. The fourth-order valence-corrected chi connectivity index (χ4v) is 1.98. The Balaban J connectivity index is 1.96. The van der Waals surface area contributed by atoms with Crippen molar-refractivity contribution in [3.05, 3.63) is 71.3 Å². The Kier molecular flexibility index (Phi) is 4.48. The van der Waals surface area contributed by atoms with Crippen LogP contribution in [-0.4, -0.2) is 12.4 Å². The van der Waals surface area contributed by atoms with Crippen molar-refractivity contribution in [2.24, 2.45) is 0 Å². The maximum Gasteiger partial charge on any atom is 0.188 e. The van der Waals surface area contributed by atoms with Crippen molar-refractivity contribution in [3.63, 3.8) is 0 Å². The second-order valence-electron chi connectivity index (χ2n) is 4.60. The zero-order chi connectivity index (χ0) is 13.7. The van der Waals surface area contributed by atoms with Crippen molar-refractivity contribution in [1.82, 2.24) is 0 Å². The summed E-state index contributed by atoms with van der Waals surface area (Å²) in [6.45, 7) is 4.01. The van der Waals surface area contributed by atoms with Crippen LogP contribution in [0.15, 0.2) is 54.6 Å². The van der Waals surface area contributed by atoms with E-state index >= 15 is 0 Å². The van der Waals surface area contributed by atoms with Gasteiger partial charge in [-0.3, -0.25) is 4.79 Å². The lowest BCUT2D eigenvalue weighted by Gasteiger charge is -2.13. The molecule has 2 heteroatoms. The van der Waals surface area contributed by atoms with Gasteiger partial charge in [0.15, 0.2) is 5.78 Å². The molecule has 0 aliphatic heterocycles. The second kappa shape index (κ2) is 6.30. The minimum Gasteiger partial charge on any atom is -0.366 e. The number of rotatable bonds is 5. The summed E-state index contributed by atoms with van der Waals surface area (Å²) in [7, 11) is 0. The highest BCUT2D eigenvalue weighted by molar-refractivity contribution is 5.98. The maximum absolute atomic E-state index is 12.1. The molecule has 98 valence electrons.